The fourth-order valence-corrected chi connectivity index (χ4v) is 5.42. The summed E-state index contributed by atoms with van der Waals surface area (Å²) in [7, 11) is 0.357. The first kappa shape index (κ1) is 21.7. The molecule has 3 aromatic rings. The first-order valence-corrected chi connectivity index (χ1v) is 11.8. The Bertz CT molecular complexity index is 942. The second kappa shape index (κ2) is 9.66. The normalized spacial score (nSPS) is 12.0. The summed E-state index contributed by atoms with van der Waals surface area (Å²) in [6.07, 6.45) is 2.04. The molecular formula is C22H30NO5P. The van der Waals surface area contributed by atoms with Crippen LogP contribution in [0.5, 0.6) is 11.5 Å². The molecule has 1 heterocycles. The largest absolute Gasteiger partial charge is 0.497 e. The Labute approximate surface area is 172 Å². The molecule has 0 spiro atoms. The summed E-state index contributed by atoms with van der Waals surface area (Å²) in [5.41, 5.74) is 2.23. The van der Waals surface area contributed by atoms with Gasteiger partial charge in [0.05, 0.1) is 44.6 Å². The van der Waals surface area contributed by atoms with E-state index in [4.69, 9.17) is 18.5 Å². The highest BCUT2D eigenvalue weighted by molar-refractivity contribution is 7.53. The van der Waals surface area contributed by atoms with E-state index in [1.54, 1.807) is 14.2 Å². The van der Waals surface area contributed by atoms with Gasteiger partial charge in [-0.3, -0.25) is 4.57 Å². The molecule has 0 radical (unpaired) electrons. The smallest absolute Gasteiger partial charge is 0.330 e. The van der Waals surface area contributed by atoms with E-state index < -0.39 is 7.60 Å². The van der Waals surface area contributed by atoms with Crippen LogP contribution in [-0.4, -0.2) is 38.2 Å². The number of methoxy groups -OCH3 is 2. The minimum atomic E-state index is -3.00. The molecule has 29 heavy (non-hydrogen) atoms. The molecular weight excluding hydrogens is 389 g/mol. The van der Waals surface area contributed by atoms with Gasteiger partial charge in [0.1, 0.15) is 11.5 Å². The Kier molecular flexibility index (Phi) is 7.23. The second-order valence-electron chi connectivity index (χ2n) is 6.79. The van der Waals surface area contributed by atoms with E-state index in [0.29, 0.717) is 19.4 Å². The third kappa shape index (κ3) is 4.77. The van der Waals surface area contributed by atoms with Crippen molar-refractivity contribution in [1.82, 2.24) is 4.57 Å². The Morgan fingerprint density at radius 2 is 1.34 bits per heavy atom. The molecule has 158 valence electrons. The molecule has 0 aliphatic heterocycles. The quantitative estimate of drug-likeness (QED) is 0.288. The van der Waals surface area contributed by atoms with Crippen molar-refractivity contribution in [2.45, 2.75) is 33.2 Å². The van der Waals surface area contributed by atoms with Crippen LogP contribution in [0.3, 0.4) is 0 Å². The molecule has 0 unspecified atom stereocenters. The Hall–Kier alpha value is -2.01. The lowest BCUT2D eigenvalue weighted by Gasteiger charge is -2.17. The van der Waals surface area contributed by atoms with Crippen LogP contribution in [0.25, 0.3) is 21.8 Å². The van der Waals surface area contributed by atoms with Gasteiger partial charge in [-0.15, -0.1) is 0 Å². The maximum atomic E-state index is 12.7. The average Bonchev–Trinajstić information content (AvgIpc) is 3.03. The minimum absolute atomic E-state index is 0.393. The summed E-state index contributed by atoms with van der Waals surface area (Å²) < 4.78 is 36.6. The van der Waals surface area contributed by atoms with Crippen molar-refractivity contribution >= 4 is 29.4 Å². The van der Waals surface area contributed by atoms with Crippen molar-refractivity contribution in [3.63, 3.8) is 0 Å². The highest BCUT2D eigenvalue weighted by atomic mass is 31.2. The molecule has 0 bridgehead atoms. The van der Waals surface area contributed by atoms with Crippen molar-refractivity contribution in [2.24, 2.45) is 0 Å². The van der Waals surface area contributed by atoms with Gasteiger partial charge in [0.2, 0.25) is 0 Å². The van der Waals surface area contributed by atoms with Gasteiger partial charge in [0.15, 0.2) is 0 Å². The summed E-state index contributed by atoms with van der Waals surface area (Å²) in [5, 5.41) is 2.36. The number of nitrogens with zero attached hydrogens (tertiary/aromatic N) is 1. The van der Waals surface area contributed by atoms with Crippen LogP contribution in [0.4, 0.5) is 0 Å². The second-order valence-corrected chi connectivity index (χ2v) is 8.98. The number of aryl methyl sites for hydroxylation is 1. The molecule has 0 saturated heterocycles. The Balaban J connectivity index is 1.87. The van der Waals surface area contributed by atoms with Crippen molar-refractivity contribution < 1.29 is 23.1 Å². The van der Waals surface area contributed by atoms with Gasteiger partial charge in [-0.05, 0) is 51.0 Å². The number of unbranched alkanes of at least 4 members (excludes halogenated alkanes) is 1. The monoisotopic (exact) mass is 419 g/mol. The molecule has 0 fully saturated rings. The predicted octanol–water partition coefficient (Wildman–Crippen LogP) is 5.86. The van der Waals surface area contributed by atoms with Crippen LogP contribution in [0.2, 0.25) is 0 Å². The fourth-order valence-electron chi connectivity index (χ4n) is 3.68. The molecule has 1 aromatic heterocycles. The Morgan fingerprint density at radius 1 is 0.828 bits per heavy atom. The zero-order valence-electron chi connectivity index (χ0n) is 17.6. The number of hydrogen-bond donors (Lipinski definition) is 0. The van der Waals surface area contributed by atoms with Crippen molar-refractivity contribution in [3.8, 4) is 11.5 Å². The van der Waals surface area contributed by atoms with E-state index in [9.17, 15) is 4.57 Å². The van der Waals surface area contributed by atoms with Gasteiger partial charge in [-0.1, -0.05) is 0 Å². The van der Waals surface area contributed by atoms with Crippen molar-refractivity contribution in [2.75, 3.05) is 33.6 Å². The van der Waals surface area contributed by atoms with E-state index in [2.05, 4.69) is 28.8 Å². The Morgan fingerprint density at radius 3 is 1.79 bits per heavy atom. The fraction of sp³-hybridized carbons (Fsp3) is 0.455. The van der Waals surface area contributed by atoms with E-state index >= 15 is 0 Å². The number of rotatable bonds is 11. The van der Waals surface area contributed by atoms with E-state index in [1.165, 1.54) is 10.8 Å². The lowest BCUT2D eigenvalue weighted by Crippen LogP contribution is -2.03. The van der Waals surface area contributed by atoms with E-state index in [-0.39, 0.29) is 0 Å². The third-order valence-corrected chi connectivity index (χ3v) is 7.16. The zero-order chi connectivity index (χ0) is 20.9. The van der Waals surface area contributed by atoms with Crippen LogP contribution >= 0.6 is 7.60 Å². The molecule has 0 aliphatic rings. The van der Waals surface area contributed by atoms with E-state index in [0.717, 1.165) is 41.9 Å². The number of aromatic nitrogens is 1. The maximum absolute atomic E-state index is 12.7. The van der Waals surface area contributed by atoms with Crippen molar-refractivity contribution in [1.29, 1.82) is 0 Å². The molecule has 6 nitrogen and oxygen atoms in total. The molecule has 0 aliphatic carbocycles. The lowest BCUT2D eigenvalue weighted by atomic mass is 10.1. The first-order chi connectivity index (χ1) is 14.0. The molecule has 7 heteroatoms. The number of fused-ring (bicyclic) bond motifs is 3. The highest BCUT2D eigenvalue weighted by Crippen LogP contribution is 2.48. The van der Waals surface area contributed by atoms with E-state index in [1.807, 2.05) is 26.0 Å². The van der Waals surface area contributed by atoms with Crippen LogP contribution < -0.4 is 9.47 Å². The molecule has 2 aromatic carbocycles. The van der Waals surface area contributed by atoms with Gasteiger partial charge >= 0.3 is 7.60 Å². The third-order valence-electron chi connectivity index (χ3n) is 5.00. The summed E-state index contributed by atoms with van der Waals surface area (Å²) >= 11 is 0. The SMILES string of the molecule is CCOP(=O)(CCCCn1c2cc(OC)ccc2c2ccc(OC)cc21)OCC. The zero-order valence-corrected chi connectivity index (χ0v) is 18.5. The predicted molar refractivity (Wildman–Crippen MR) is 118 cm³/mol. The van der Waals surface area contributed by atoms with Gasteiger partial charge in [-0.2, -0.15) is 0 Å². The maximum Gasteiger partial charge on any atom is 0.330 e. The standard InChI is InChI=1S/C22H30NO5P/c1-5-27-29(24,28-6-2)14-8-7-13-23-21-15-17(25-3)9-11-19(21)20-12-10-18(26-4)16-22(20)23/h9-12,15-16H,5-8,13-14H2,1-4H3. The molecule has 0 amide bonds. The van der Waals surface area contributed by atoms with Crippen LogP contribution in [-0.2, 0) is 20.2 Å². The molecule has 0 atom stereocenters. The summed E-state index contributed by atoms with van der Waals surface area (Å²) in [6.45, 7) is 5.25. The van der Waals surface area contributed by atoms with Gasteiger partial charge in [0.25, 0.3) is 0 Å². The first-order valence-electron chi connectivity index (χ1n) is 10.1. The molecule has 3 rings (SSSR count). The minimum Gasteiger partial charge on any atom is -0.497 e. The van der Waals surface area contributed by atoms with Crippen molar-refractivity contribution in [3.05, 3.63) is 36.4 Å². The van der Waals surface area contributed by atoms with Crippen LogP contribution in [0, 0.1) is 0 Å². The van der Waals surface area contributed by atoms with Crippen LogP contribution in [0.1, 0.15) is 26.7 Å². The molecule has 0 N–H and O–H groups in total. The highest BCUT2D eigenvalue weighted by Gasteiger charge is 2.22. The van der Waals surface area contributed by atoms with Gasteiger partial charge in [-0.25, -0.2) is 0 Å². The van der Waals surface area contributed by atoms with Crippen LogP contribution in [0.15, 0.2) is 36.4 Å². The lowest BCUT2D eigenvalue weighted by molar-refractivity contribution is 0.219. The van der Waals surface area contributed by atoms with Gasteiger partial charge in [0, 0.05) is 29.4 Å². The topological polar surface area (TPSA) is 58.9 Å². The number of hydrogen-bond acceptors (Lipinski definition) is 5. The van der Waals surface area contributed by atoms with Gasteiger partial charge < -0.3 is 23.1 Å². The number of ether oxygens (including phenoxy) is 2. The molecule has 0 saturated carbocycles. The summed E-state index contributed by atoms with van der Waals surface area (Å²) in [4.78, 5) is 0. The number of benzene rings is 2. The average molecular weight is 419 g/mol. The summed E-state index contributed by atoms with van der Waals surface area (Å²) in [6, 6.07) is 12.3. The summed E-state index contributed by atoms with van der Waals surface area (Å²) in [5.74, 6) is 1.65.